The molecule has 0 atom stereocenters. The second-order valence-corrected chi connectivity index (χ2v) is 6.90. The number of hydrogen-bond donors (Lipinski definition) is 1. The SMILES string of the molecule is CC(C)(C)c1ccc(-c2nc(C#N)c(NCc3cc[nH+]cc3)o2)cc1. The molecule has 0 aliphatic heterocycles. The number of rotatable bonds is 4. The van der Waals surface area contributed by atoms with E-state index in [4.69, 9.17) is 4.42 Å². The fourth-order valence-corrected chi connectivity index (χ4v) is 2.47. The predicted molar refractivity (Wildman–Crippen MR) is 95.7 cm³/mol. The Bertz CT molecular complexity index is 884. The minimum Gasteiger partial charge on any atom is -0.419 e. The van der Waals surface area contributed by atoms with E-state index in [1.165, 1.54) is 5.56 Å². The molecule has 0 radical (unpaired) electrons. The highest BCUT2D eigenvalue weighted by molar-refractivity contribution is 5.59. The molecule has 126 valence electrons. The van der Waals surface area contributed by atoms with Crippen LogP contribution in [-0.4, -0.2) is 4.98 Å². The van der Waals surface area contributed by atoms with Gasteiger partial charge in [-0.3, -0.25) is 0 Å². The summed E-state index contributed by atoms with van der Waals surface area (Å²) in [5.74, 6) is 0.839. The van der Waals surface area contributed by atoms with Crippen molar-refractivity contribution in [2.24, 2.45) is 0 Å². The summed E-state index contributed by atoms with van der Waals surface area (Å²) in [5, 5.41) is 12.4. The van der Waals surface area contributed by atoms with Crippen molar-refractivity contribution in [1.29, 1.82) is 5.26 Å². The van der Waals surface area contributed by atoms with Crippen LogP contribution in [0.15, 0.2) is 53.2 Å². The van der Waals surface area contributed by atoms with Crippen LogP contribution in [0.5, 0.6) is 0 Å². The van der Waals surface area contributed by atoms with Crippen LogP contribution in [0, 0.1) is 11.3 Å². The van der Waals surface area contributed by atoms with Gasteiger partial charge in [0.2, 0.25) is 17.5 Å². The molecule has 2 N–H and O–H groups in total. The fraction of sp³-hybridized carbons (Fsp3) is 0.250. The third kappa shape index (κ3) is 3.86. The third-order valence-corrected chi connectivity index (χ3v) is 3.97. The highest BCUT2D eigenvalue weighted by Gasteiger charge is 2.17. The Hall–Kier alpha value is -3.13. The van der Waals surface area contributed by atoms with Crippen molar-refractivity contribution in [3.63, 3.8) is 0 Å². The van der Waals surface area contributed by atoms with E-state index in [1.807, 2.05) is 36.7 Å². The van der Waals surface area contributed by atoms with Gasteiger partial charge in [-0.1, -0.05) is 32.9 Å². The molecule has 0 aliphatic carbocycles. The second-order valence-electron chi connectivity index (χ2n) is 6.90. The van der Waals surface area contributed by atoms with Gasteiger partial charge in [-0.15, -0.1) is 0 Å². The number of benzene rings is 1. The van der Waals surface area contributed by atoms with Gasteiger partial charge in [0, 0.05) is 24.2 Å². The van der Waals surface area contributed by atoms with Crippen LogP contribution < -0.4 is 10.3 Å². The summed E-state index contributed by atoms with van der Waals surface area (Å²) in [6.45, 7) is 7.07. The average molecular weight is 333 g/mol. The average Bonchev–Trinajstić information content (AvgIpc) is 3.03. The van der Waals surface area contributed by atoms with Gasteiger partial charge >= 0.3 is 0 Å². The molecular weight excluding hydrogens is 312 g/mol. The minimum atomic E-state index is 0.0900. The van der Waals surface area contributed by atoms with Crippen molar-refractivity contribution in [3.05, 3.63) is 65.6 Å². The lowest BCUT2D eigenvalue weighted by Crippen LogP contribution is -2.10. The van der Waals surface area contributed by atoms with Gasteiger partial charge in [0.15, 0.2) is 12.4 Å². The van der Waals surface area contributed by atoms with Crippen LogP contribution in [0.1, 0.15) is 37.6 Å². The first-order valence-electron chi connectivity index (χ1n) is 8.18. The number of aromatic nitrogens is 2. The first kappa shape index (κ1) is 16.7. The molecule has 0 spiro atoms. The van der Waals surface area contributed by atoms with Crippen LogP contribution in [0.3, 0.4) is 0 Å². The molecule has 3 rings (SSSR count). The van der Waals surface area contributed by atoms with Crippen molar-refractivity contribution in [2.45, 2.75) is 32.7 Å². The zero-order valence-corrected chi connectivity index (χ0v) is 14.6. The van der Waals surface area contributed by atoms with Crippen LogP contribution in [0.25, 0.3) is 11.5 Å². The summed E-state index contributed by atoms with van der Waals surface area (Å²) in [7, 11) is 0. The number of hydrogen-bond acceptors (Lipinski definition) is 4. The maximum Gasteiger partial charge on any atom is 0.232 e. The van der Waals surface area contributed by atoms with E-state index in [2.05, 4.69) is 54.3 Å². The molecule has 3 aromatic rings. The number of aromatic amines is 1. The topological polar surface area (TPSA) is 76.0 Å². The maximum atomic E-state index is 9.31. The molecule has 0 saturated carbocycles. The lowest BCUT2D eigenvalue weighted by atomic mass is 9.87. The summed E-state index contributed by atoms with van der Waals surface area (Å²) < 4.78 is 5.79. The quantitative estimate of drug-likeness (QED) is 0.784. The monoisotopic (exact) mass is 333 g/mol. The van der Waals surface area contributed by atoms with Crippen molar-refractivity contribution in [3.8, 4) is 17.5 Å². The number of pyridine rings is 1. The molecule has 1 aromatic carbocycles. The van der Waals surface area contributed by atoms with E-state index in [-0.39, 0.29) is 11.1 Å². The Morgan fingerprint density at radius 3 is 2.40 bits per heavy atom. The Morgan fingerprint density at radius 2 is 1.80 bits per heavy atom. The van der Waals surface area contributed by atoms with Crippen LogP contribution >= 0.6 is 0 Å². The lowest BCUT2D eigenvalue weighted by Gasteiger charge is -2.18. The molecule has 0 saturated heterocycles. The molecule has 0 amide bonds. The lowest BCUT2D eigenvalue weighted by molar-refractivity contribution is -0.378. The Labute approximate surface area is 147 Å². The van der Waals surface area contributed by atoms with Gasteiger partial charge in [0.1, 0.15) is 6.07 Å². The minimum absolute atomic E-state index is 0.0900. The summed E-state index contributed by atoms with van der Waals surface area (Å²) in [4.78, 5) is 7.28. The number of anilines is 1. The van der Waals surface area contributed by atoms with E-state index in [1.54, 1.807) is 0 Å². The van der Waals surface area contributed by atoms with Crippen molar-refractivity contribution in [2.75, 3.05) is 5.32 Å². The Kier molecular flexibility index (Phi) is 4.53. The molecule has 5 heteroatoms. The number of nitrogens with zero attached hydrogens (tertiary/aromatic N) is 2. The molecule has 0 aliphatic rings. The molecule has 0 fully saturated rings. The maximum absolute atomic E-state index is 9.31. The Morgan fingerprint density at radius 1 is 1.12 bits per heavy atom. The molecular formula is C20H21N4O+. The van der Waals surface area contributed by atoms with Gasteiger partial charge in [-0.25, -0.2) is 4.98 Å². The summed E-state index contributed by atoms with van der Waals surface area (Å²) >= 11 is 0. The van der Waals surface area contributed by atoms with E-state index < -0.39 is 0 Å². The van der Waals surface area contributed by atoms with Gasteiger partial charge in [0.25, 0.3) is 0 Å². The van der Waals surface area contributed by atoms with Crippen LogP contribution in [0.2, 0.25) is 0 Å². The second kappa shape index (κ2) is 6.78. The normalized spacial score (nSPS) is 11.1. The molecule has 25 heavy (non-hydrogen) atoms. The summed E-state index contributed by atoms with van der Waals surface area (Å²) in [6, 6.07) is 14.1. The van der Waals surface area contributed by atoms with E-state index >= 15 is 0 Å². The zero-order valence-electron chi connectivity index (χ0n) is 14.6. The molecule has 0 bridgehead atoms. The third-order valence-electron chi connectivity index (χ3n) is 3.97. The van der Waals surface area contributed by atoms with Crippen molar-refractivity contribution >= 4 is 5.88 Å². The van der Waals surface area contributed by atoms with Gasteiger partial charge in [0.05, 0.1) is 0 Å². The number of oxazole rings is 1. The fourth-order valence-electron chi connectivity index (χ4n) is 2.47. The van der Waals surface area contributed by atoms with Gasteiger partial charge in [-0.2, -0.15) is 10.2 Å². The Balaban J connectivity index is 1.82. The molecule has 2 heterocycles. The standard InChI is InChI=1S/C20H20N4O/c1-20(2,3)16-6-4-15(5-7-16)18-24-17(12-21)19(25-18)23-13-14-8-10-22-11-9-14/h4-11,23H,13H2,1-3H3/p+1. The first-order chi connectivity index (χ1) is 12.0. The van der Waals surface area contributed by atoms with Crippen molar-refractivity contribution in [1.82, 2.24) is 4.98 Å². The van der Waals surface area contributed by atoms with Crippen molar-refractivity contribution < 1.29 is 9.40 Å². The zero-order chi connectivity index (χ0) is 17.9. The largest absolute Gasteiger partial charge is 0.419 e. The number of H-pyrrole nitrogens is 1. The number of nitriles is 1. The summed E-state index contributed by atoms with van der Waals surface area (Å²) in [6.07, 6.45) is 3.70. The molecule has 2 aromatic heterocycles. The highest BCUT2D eigenvalue weighted by Crippen LogP contribution is 2.28. The van der Waals surface area contributed by atoms with E-state index in [9.17, 15) is 5.26 Å². The van der Waals surface area contributed by atoms with Crippen LogP contribution in [-0.2, 0) is 12.0 Å². The van der Waals surface area contributed by atoms with Gasteiger partial charge < -0.3 is 9.73 Å². The molecule has 0 unspecified atom stereocenters. The predicted octanol–water partition coefficient (Wildman–Crippen LogP) is 3.94. The number of nitrogens with one attached hydrogen (secondary N) is 2. The van der Waals surface area contributed by atoms with Crippen LogP contribution in [0.4, 0.5) is 5.88 Å². The molecule has 5 nitrogen and oxygen atoms in total. The van der Waals surface area contributed by atoms with E-state index in [0.717, 1.165) is 11.1 Å². The van der Waals surface area contributed by atoms with Gasteiger partial charge in [-0.05, 0) is 28.7 Å². The summed E-state index contributed by atoms with van der Waals surface area (Å²) in [5.41, 5.74) is 3.52. The first-order valence-corrected chi connectivity index (χ1v) is 8.18. The highest BCUT2D eigenvalue weighted by atomic mass is 16.4. The smallest absolute Gasteiger partial charge is 0.232 e. The van der Waals surface area contributed by atoms with E-state index in [0.29, 0.717) is 18.3 Å².